The van der Waals surface area contributed by atoms with Gasteiger partial charge in [0.1, 0.15) is 5.75 Å². The van der Waals surface area contributed by atoms with E-state index in [-0.39, 0.29) is 11.8 Å². The third-order valence-corrected chi connectivity index (χ3v) is 4.42. The van der Waals surface area contributed by atoms with Crippen LogP contribution in [0.5, 0.6) is 5.75 Å². The Morgan fingerprint density at radius 2 is 1.74 bits per heavy atom. The zero-order valence-corrected chi connectivity index (χ0v) is 16.6. The zero-order chi connectivity index (χ0) is 19.2. The van der Waals surface area contributed by atoms with Crippen molar-refractivity contribution in [1.82, 2.24) is 4.98 Å². The predicted octanol–water partition coefficient (Wildman–Crippen LogP) is 4.20. The summed E-state index contributed by atoms with van der Waals surface area (Å²) in [6.07, 6.45) is 3.06. The fourth-order valence-corrected chi connectivity index (χ4v) is 2.93. The molecule has 2 aromatic carbocycles. The number of pyridine rings is 1. The maximum absolute atomic E-state index is 12.8. The zero-order valence-electron chi connectivity index (χ0n) is 14.4. The number of para-hydroxylation sites is 2. The van der Waals surface area contributed by atoms with Crippen molar-refractivity contribution >= 4 is 45.8 Å². The summed E-state index contributed by atoms with van der Waals surface area (Å²) < 4.78 is 6.14. The van der Waals surface area contributed by atoms with Crippen molar-refractivity contribution in [2.75, 3.05) is 17.7 Å². The Balaban J connectivity index is 1.87. The van der Waals surface area contributed by atoms with Crippen LogP contribution in [0.1, 0.15) is 20.7 Å². The first kappa shape index (κ1) is 18.8. The molecule has 0 aliphatic carbocycles. The second-order valence-corrected chi connectivity index (χ2v) is 6.79. The summed E-state index contributed by atoms with van der Waals surface area (Å²) in [7, 11) is 1.54. The van der Waals surface area contributed by atoms with Crippen molar-refractivity contribution < 1.29 is 14.3 Å². The Kier molecular flexibility index (Phi) is 6.02. The van der Waals surface area contributed by atoms with E-state index in [1.807, 2.05) is 12.1 Å². The van der Waals surface area contributed by atoms with Crippen LogP contribution in [0, 0.1) is 3.57 Å². The molecular formula is C20H16IN3O3. The third kappa shape index (κ3) is 4.62. The molecule has 0 saturated heterocycles. The van der Waals surface area contributed by atoms with Gasteiger partial charge < -0.3 is 15.4 Å². The molecule has 0 spiro atoms. The summed E-state index contributed by atoms with van der Waals surface area (Å²) in [5.41, 5.74) is 1.72. The van der Waals surface area contributed by atoms with E-state index in [1.54, 1.807) is 48.7 Å². The average Bonchev–Trinajstić information content (AvgIpc) is 2.70. The highest BCUT2D eigenvalue weighted by atomic mass is 127. The van der Waals surface area contributed by atoms with Crippen LogP contribution in [0.4, 0.5) is 11.4 Å². The molecule has 0 aliphatic heterocycles. The summed E-state index contributed by atoms with van der Waals surface area (Å²) in [6, 6.07) is 15.7. The van der Waals surface area contributed by atoms with E-state index < -0.39 is 0 Å². The minimum Gasteiger partial charge on any atom is -0.495 e. The van der Waals surface area contributed by atoms with Gasteiger partial charge in [-0.3, -0.25) is 14.6 Å². The van der Waals surface area contributed by atoms with E-state index in [1.165, 1.54) is 13.3 Å². The molecule has 6 nitrogen and oxygen atoms in total. The van der Waals surface area contributed by atoms with Gasteiger partial charge in [0.25, 0.3) is 11.8 Å². The highest BCUT2D eigenvalue weighted by Crippen LogP contribution is 2.26. The molecule has 3 aromatic rings. The lowest BCUT2D eigenvalue weighted by Gasteiger charge is -2.13. The smallest absolute Gasteiger partial charge is 0.257 e. The number of ether oxygens (including phenoxy) is 1. The van der Waals surface area contributed by atoms with Crippen LogP contribution < -0.4 is 15.4 Å². The Labute approximate surface area is 170 Å². The average molecular weight is 473 g/mol. The third-order valence-electron chi connectivity index (χ3n) is 3.75. The van der Waals surface area contributed by atoms with Crippen LogP contribution in [-0.2, 0) is 0 Å². The van der Waals surface area contributed by atoms with E-state index in [4.69, 9.17) is 4.74 Å². The summed E-state index contributed by atoms with van der Waals surface area (Å²) in [6.45, 7) is 0. The van der Waals surface area contributed by atoms with E-state index in [9.17, 15) is 9.59 Å². The molecule has 0 saturated carbocycles. The lowest BCUT2D eigenvalue weighted by Crippen LogP contribution is -2.19. The van der Waals surface area contributed by atoms with Crippen LogP contribution in [0.2, 0.25) is 0 Å². The molecule has 2 amide bonds. The van der Waals surface area contributed by atoms with E-state index in [0.29, 0.717) is 28.3 Å². The van der Waals surface area contributed by atoms with Gasteiger partial charge in [-0.25, -0.2) is 0 Å². The highest BCUT2D eigenvalue weighted by Gasteiger charge is 2.16. The minimum absolute atomic E-state index is 0.337. The molecule has 27 heavy (non-hydrogen) atoms. The second kappa shape index (κ2) is 8.63. The molecular weight excluding hydrogens is 457 g/mol. The first-order chi connectivity index (χ1) is 13.1. The van der Waals surface area contributed by atoms with Crippen LogP contribution in [-0.4, -0.2) is 23.9 Å². The highest BCUT2D eigenvalue weighted by molar-refractivity contribution is 14.1. The molecule has 0 bridgehead atoms. The number of hydrogen-bond donors (Lipinski definition) is 2. The van der Waals surface area contributed by atoms with Gasteiger partial charge in [-0.05, 0) is 65.1 Å². The Morgan fingerprint density at radius 1 is 0.963 bits per heavy atom. The fourth-order valence-electron chi connectivity index (χ4n) is 2.44. The molecule has 0 fully saturated rings. The first-order valence-corrected chi connectivity index (χ1v) is 9.11. The van der Waals surface area contributed by atoms with Gasteiger partial charge in [0.2, 0.25) is 0 Å². The van der Waals surface area contributed by atoms with Gasteiger partial charge in [0, 0.05) is 16.0 Å². The molecule has 1 heterocycles. The number of hydrogen-bond acceptors (Lipinski definition) is 4. The summed E-state index contributed by atoms with van der Waals surface area (Å²) in [5, 5.41) is 5.60. The van der Waals surface area contributed by atoms with Crippen molar-refractivity contribution in [3.63, 3.8) is 0 Å². The quantitative estimate of drug-likeness (QED) is 0.545. The number of aromatic nitrogens is 1. The monoisotopic (exact) mass is 473 g/mol. The lowest BCUT2D eigenvalue weighted by molar-refractivity contribution is 0.102. The van der Waals surface area contributed by atoms with Gasteiger partial charge in [-0.2, -0.15) is 0 Å². The van der Waals surface area contributed by atoms with Crippen LogP contribution >= 0.6 is 22.6 Å². The lowest BCUT2D eigenvalue weighted by atomic mass is 10.1. The number of carbonyl (C=O) groups excluding carboxylic acids is 2. The number of carbonyl (C=O) groups is 2. The molecule has 1 aromatic heterocycles. The molecule has 7 heteroatoms. The number of nitrogens with one attached hydrogen (secondary N) is 2. The van der Waals surface area contributed by atoms with Gasteiger partial charge in [0.15, 0.2) is 0 Å². The van der Waals surface area contributed by atoms with Crippen molar-refractivity contribution in [2.45, 2.75) is 0 Å². The largest absolute Gasteiger partial charge is 0.495 e. The summed E-state index contributed by atoms with van der Waals surface area (Å²) in [4.78, 5) is 29.2. The van der Waals surface area contributed by atoms with Gasteiger partial charge in [-0.1, -0.05) is 12.1 Å². The number of halogens is 1. The molecule has 136 valence electrons. The number of amides is 2. The number of benzene rings is 2. The molecule has 0 radical (unpaired) electrons. The Morgan fingerprint density at radius 3 is 2.48 bits per heavy atom. The topological polar surface area (TPSA) is 80.3 Å². The van der Waals surface area contributed by atoms with Crippen molar-refractivity contribution in [3.05, 3.63) is 81.7 Å². The maximum Gasteiger partial charge on any atom is 0.257 e. The number of anilines is 2. The van der Waals surface area contributed by atoms with Crippen molar-refractivity contribution in [1.29, 1.82) is 0 Å². The standard InChI is InChI=1S/C20H16IN3O3/c1-27-18-7-3-2-6-17(18)24-20(26)15-11-14(21)8-9-16(15)23-19(25)13-5-4-10-22-12-13/h2-12H,1H3,(H,23,25)(H,24,26). The summed E-state index contributed by atoms with van der Waals surface area (Å²) >= 11 is 2.12. The molecule has 0 aliphatic rings. The molecule has 0 unspecified atom stereocenters. The summed E-state index contributed by atoms with van der Waals surface area (Å²) in [5.74, 6) is -0.132. The van der Waals surface area contributed by atoms with E-state index in [0.717, 1.165) is 3.57 Å². The number of methoxy groups -OCH3 is 1. The SMILES string of the molecule is COc1ccccc1NC(=O)c1cc(I)ccc1NC(=O)c1cccnc1. The number of rotatable bonds is 5. The Bertz CT molecular complexity index is 977. The molecule has 3 rings (SSSR count). The maximum atomic E-state index is 12.8. The van der Waals surface area contributed by atoms with Crippen molar-refractivity contribution in [3.8, 4) is 5.75 Å². The van der Waals surface area contributed by atoms with Gasteiger partial charge in [0.05, 0.1) is 29.6 Å². The van der Waals surface area contributed by atoms with E-state index >= 15 is 0 Å². The molecule has 2 N–H and O–H groups in total. The first-order valence-electron chi connectivity index (χ1n) is 8.04. The second-order valence-electron chi connectivity index (χ2n) is 5.54. The van der Waals surface area contributed by atoms with Crippen LogP contribution in [0.15, 0.2) is 67.0 Å². The number of nitrogens with zero attached hydrogens (tertiary/aromatic N) is 1. The van der Waals surface area contributed by atoms with Gasteiger partial charge >= 0.3 is 0 Å². The van der Waals surface area contributed by atoms with Crippen molar-refractivity contribution in [2.24, 2.45) is 0 Å². The minimum atomic E-state index is -0.348. The van der Waals surface area contributed by atoms with E-state index in [2.05, 4.69) is 38.2 Å². The predicted molar refractivity (Wildman–Crippen MR) is 112 cm³/mol. The normalized spacial score (nSPS) is 10.1. The fraction of sp³-hybridized carbons (Fsp3) is 0.0500. The van der Waals surface area contributed by atoms with Crippen LogP contribution in [0.3, 0.4) is 0 Å². The molecule has 0 atom stereocenters. The Hall–Kier alpha value is -2.94. The van der Waals surface area contributed by atoms with Crippen LogP contribution in [0.25, 0.3) is 0 Å². The van der Waals surface area contributed by atoms with Gasteiger partial charge in [-0.15, -0.1) is 0 Å².